The van der Waals surface area contributed by atoms with Gasteiger partial charge in [-0.3, -0.25) is 4.79 Å². The van der Waals surface area contributed by atoms with Crippen LogP contribution in [0, 0.1) is 0 Å². The highest BCUT2D eigenvalue weighted by molar-refractivity contribution is 7.88. The molecule has 152 valence electrons. The Morgan fingerprint density at radius 1 is 1.04 bits per heavy atom. The van der Waals surface area contributed by atoms with E-state index in [1.54, 1.807) is 42.5 Å². The molecule has 2 rings (SSSR count). The Kier molecular flexibility index (Phi) is 7.24. The van der Waals surface area contributed by atoms with Crippen molar-refractivity contribution in [3.63, 3.8) is 0 Å². The van der Waals surface area contributed by atoms with Crippen LogP contribution in [0.15, 0.2) is 42.5 Å². The Hall–Kier alpha value is -2.78. The molecule has 0 atom stereocenters. The highest BCUT2D eigenvalue weighted by atomic mass is 32.2. The Morgan fingerprint density at radius 3 is 2.25 bits per heavy atom. The van der Waals surface area contributed by atoms with Crippen LogP contribution in [-0.2, 0) is 21.4 Å². The van der Waals surface area contributed by atoms with Crippen molar-refractivity contribution in [3.05, 3.63) is 48.0 Å². The van der Waals surface area contributed by atoms with E-state index in [9.17, 15) is 13.2 Å². The van der Waals surface area contributed by atoms with Crippen molar-refractivity contribution >= 4 is 21.6 Å². The summed E-state index contributed by atoms with van der Waals surface area (Å²) < 4.78 is 40.0. The molecule has 8 nitrogen and oxygen atoms in total. The van der Waals surface area contributed by atoms with Crippen LogP contribution in [0.4, 0.5) is 5.69 Å². The summed E-state index contributed by atoms with van der Waals surface area (Å²) in [6.45, 7) is 0.0931. The Balaban J connectivity index is 1.89. The number of hydrogen-bond acceptors (Lipinski definition) is 6. The van der Waals surface area contributed by atoms with Crippen LogP contribution in [0.1, 0.15) is 5.56 Å². The molecule has 2 aromatic carbocycles. The van der Waals surface area contributed by atoms with E-state index in [0.717, 1.165) is 11.8 Å². The van der Waals surface area contributed by atoms with Gasteiger partial charge in [-0.05, 0) is 29.8 Å². The Morgan fingerprint density at radius 2 is 1.68 bits per heavy atom. The number of sulfonamides is 1. The first-order chi connectivity index (χ1) is 13.2. The number of hydrogen-bond donors (Lipinski definition) is 1. The molecular formula is C19H24N2O6S. The molecule has 2 aromatic rings. The molecule has 0 saturated heterocycles. The molecule has 0 aliphatic heterocycles. The van der Waals surface area contributed by atoms with Crippen LogP contribution < -0.4 is 19.5 Å². The lowest BCUT2D eigenvalue weighted by molar-refractivity contribution is -0.118. The largest absolute Gasteiger partial charge is 0.493 e. The molecule has 0 aromatic heterocycles. The molecule has 0 aliphatic carbocycles. The van der Waals surface area contributed by atoms with Gasteiger partial charge in [-0.1, -0.05) is 12.1 Å². The molecule has 9 heteroatoms. The van der Waals surface area contributed by atoms with Gasteiger partial charge in [-0.15, -0.1) is 0 Å². The lowest BCUT2D eigenvalue weighted by Crippen LogP contribution is -2.24. The molecule has 0 bridgehead atoms. The van der Waals surface area contributed by atoms with E-state index in [0.29, 0.717) is 22.9 Å². The summed E-state index contributed by atoms with van der Waals surface area (Å²) in [5.41, 5.74) is 1.38. The third-order valence-electron chi connectivity index (χ3n) is 3.93. The number of anilines is 1. The molecule has 1 N–H and O–H groups in total. The van der Waals surface area contributed by atoms with Crippen molar-refractivity contribution in [2.45, 2.75) is 6.54 Å². The van der Waals surface area contributed by atoms with E-state index in [1.165, 1.54) is 25.6 Å². The third kappa shape index (κ3) is 6.14. The number of amides is 1. The number of methoxy groups -OCH3 is 2. The van der Waals surface area contributed by atoms with Gasteiger partial charge in [0.15, 0.2) is 18.1 Å². The van der Waals surface area contributed by atoms with Crippen molar-refractivity contribution in [2.24, 2.45) is 0 Å². The molecule has 28 heavy (non-hydrogen) atoms. The highest BCUT2D eigenvalue weighted by Gasteiger charge is 2.11. The molecular weight excluding hydrogens is 384 g/mol. The maximum Gasteiger partial charge on any atom is 0.262 e. The second-order valence-corrected chi connectivity index (χ2v) is 8.16. The summed E-state index contributed by atoms with van der Waals surface area (Å²) in [4.78, 5) is 12.1. The highest BCUT2D eigenvalue weighted by Crippen LogP contribution is 2.29. The van der Waals surface area contributed by atoms with Gasteiger partial charge in [-0.25, -0.2) is 12.7 Å². The van der Waals surface area contributed by atoms with E-state index in [4.69, 9.17) is 14.2 Å². The number of nitrogens with zero attached hydrogens (tertiary/aromatic N) is 1. The van der Waals surface area contributed by atoms with Gasteiger partial charge in [0.2, 0.25) is 10.0 Å². The number of ether oxygens (including phenoxy) is 3. The third-order valence-corrected chi connectivity index (χ3v) is 5.19. The fourth-order valence-corrected chi connectivity index (χ4v) is 2.71. The van der Waals surface area contributed by atoms with Gasteiger partial charge in [0.1, 0.15) is 5.75 Å². The average Bonchev–Trinajstić information content (AvgIpc) is 2.66. The molecule has 0 fully saturated rings. The molecule has 0 radical (unpaired) electrons. The predicted octanol–water partition coefficient (Wildman–Crippen LogP) is 2.11. The summed E-state index contributed by atoms with van der Waals surface area (Å²) in [6, 6.07) is 11.9. The lowest BCUT2D eigenvalue weighted by atomic mass is 10.2. The fourth-order valence-electron chi connectivity index (χ4n) is 2.33. The van der Waals surface area contributed by atoms with Crippen LogP contribution in [0.5, 0.6) is 17.2 Å². The lowest BCUT2D eigenvalue weighted by Gasteiger charge is -2.14. The first kappa shape index (κ1) is 21.5. The van der Waals surface area contributed by atoms with Crippen molar-refractivity contribution < 1.29 is 27.4 Å². The van der Waals surface area contributed by atoms with Gasteiger partial charge in [0.25, 0.3) is 5.91 Å². The van der Waals surface area contributed by atoms with Gasteiger partial charge in [0.05, 0.1) is 20.5 Å². The second-order valence-electron chi connectivity index (χ2n) is 6.07. The number of carbonyl (C=O) groups excluding carboxylic acids is 1. The smallest absolute Gasteiger partial charge is 0.262 e. The van der Waals surface area contributed by atoms with Gasteiger partial charge in [-0.2, -0.15) is 0 Å². The zero-order chi connectivity index (χ0) is 20.7. The normalized spacial score (nSPS) is 11.2. The minimum atomic E-state index is -3.24. The molecule has 0 saturated carbocycles. The van der Waals surface area contributed by atoms with E-state index in [2.05, 4.69) is 5.32 Å². The van der Waals surface area contributed by atoms with E-state index < -0.39 is 10.0 Å². The summed E-state index contributed by atoms with van der Waals surface area (Å²) in [7, 11) is 1.33. The first-order valence-electron chi connectivity index (χ1n) is 8.38. The van der Waals surface area contributed by atoms with E-state index in [1.807, 2.05) is 0 Å². The number of nitrogens with one attached hydrogen (secondary N) is 1. The predicted molar refractivity (Wildman–Crippen MR) is 106 cm³/mol. The van der Waals surface area contributed by atoms with Gasteiger partial charge >= 0.3 is 0 Å². The van der Waals surface area contributed by atoms with Crippen molar-refractivity contribution in [2.75, 3.05) is 39.4 Å². The van der Waals surface area contributed by atoms with Crippen LogP contribution in [0.25, 0.3) is 0 Å². The summed E-state index contributed by atoms with van der Waals surface area (Å²) in [5.74, 6) is 1.26. The van der Waals surface area contributed by atoms with E-state index >= 15 is 0 Å². The van der Waals surface area contributed by atoms with Crippen molar-refractivity contribution in [3.8, 4) is 17.2 Å². The summed E-state index contributed by atoms with van der Waals surface area (Å²) in [6.07, 6.45) is 1.15. The van der Waals surface area contributed by atoms with Crippen molar-refractivity contribution in [1.29, 1.82) is 0 Å². The van der Waals surface area contributed by atoms with Crippen LogP contribution >= 0.6 is 0 Å². The maximum atomic E-state index is 12.1. The SMILES string of the molecule is COc1ccc(NC(=O)COc2ccc(CN(C)S(C)(=O)=O)cc2)cc1OC. The van der Waals surface area contributed by atoms with Crippen molar-refractivity contribution in [1.82, 2.24) is 4.31 Å². The Labute approximate surface area is 165 Å². The monoisotopic (exact) mass is 408 g/mol. The fraction of sp³-hybridized carbons (Fsp3) is 0.316. The van der Waals surface area contributed by atoms with Crippen LogP contribution in [0.2, 0.25) is 0 Å². The summed E-state index contributed by atoms with van der Waals surface area (Å²) >= 11 is 0. The second kappa shape index (κ2) is 9.43. The minimum Gasteiger partial charge on any atom is -0.493 e. The molecule has 0 heterocycles. The zero-order valence-corrected chi connectivity index (χ0v) is 17.1. The number of benzene rings is 2. The first-order valence-corrected chi connectivity index (χ1v) is 10.2. The standard InChI is InChI=1S/C19H24N2O6S/c1-21(28(4,23)24)12-14-5-8-16(9-6-14)27-13-19(22)20-15-7-10-17(25-2)18(11-15)26-3/h5-11H,12-13H2,1-4H3,(H,20,22). The molecule has 0 aliphatic rings. The molecule has 0 unspecified atom stereocenters. The van der Waals surface area contributed by atoms with Crippen LogP contribution in [0.3, 0.4) is 0 Å². The minimum absolute atomic E-state index is 0.170. The quantitative estimate of drug-likeness (QED) is 0.683. The maximum absolute atomic E-state index is 12.1. The average molecular weight is 408 g/mol. The number of carbonyl (C=O) groups is 1. The summed E-state index contributed by atoms with van der Waals surface area (Å²) in [5, 5.41) is 2.72. The molecule has 0 spiro atoms. The van der Waals surface area contributed by atoms with Crippen LogP contribution in [-0.4, -0.2) is 52.8 Å². The zero-order valence-electron chi connectivity index (χ0n) is 16.3. The molecule has 1 amide bonds. The Bertz CT molecular complexity index is 913. The van der Waals surface area contributed by atoms with Gasteiger partial charge in [0, 0.05) is 25.3 Å². The topological polar surface area (TPSA) is 94.2 Å². The van der Waals surface area contributed by atoms with E-state index in [-0.39, 0.29) is 19.1 Å². The van der Waals surface area contributed by atoms with Gasteiger partial charge < -0.3 is 19.5 Å². The number of rotatable bonds is 9.